The van der Waals surface area contributed by atoms with E-state index < -0.39 is 21.9 Å². The summed E-state index contributed by atoms with van der Waals surface area (Å²) in [7, 11) is -0.582. The van der Waals surface area contributed by atoms with Crippen LogP contribution in [-0.4, -0.2) is 41.1 Å². The maximum atomic E-state index is 11.8. The van der Waals surface area contributed by atoms with E-state index in [0.717, 1.165) is 11.1 Å². The van der Waals surface area contributed by atoms with Gasteiger partial charge in [-0.1, -0.05) is 24.3 Å². The Balaban J connectivity index is 1.71. The molecule has 0 atom stereocenters. The summed E-state index contributed by atoms with van der Waals surface area (Å²) in [5, 5.41) is 2.67. The molecule has 0 saturated carbocycles. The van der Waals surface area contributed by atoms with Crippen molar-refractivity contribution in [1.82, 2.24) is 10.0 Å². The Kier molecular flexibility index (Phi) is 8.17. The number of amides is 1. The monoisotopic (exact) mass is 420 g/mol. The van der Waals surface area contributed by atoms with E-state index in [1.807, 2.05) is 12.1 Å². The predicted molar refractivity (Wildman–Crippen MR) is 107 cm³/mol. The van der Waals surface area contributed by atoms with Crippen LogP contribution in [0.5, 0.6) is 5.75 Å². The SMILES string of the molecule is CNS(=O)(=O)c1ccc(CCC(=O)OCC(=O)NCc2cccc(OC)c2)cc1. The molecule has 0 unspecified atom stereocenters. The lowest BCUT2D eigenvalue weighted by Gasteiger charge is -2.08. The molecule has 0 heterocycles. The Bertz CT molecular complexity index is 942. The van der Waals surface area contributed by atoms with Gasteiger partial charge in [-0.15, -0.1) is 0 Å². The van der Waals surface area contributed by atoms with Crippen LogP contribution in [-0.2, 0) is 37.3 Å². The van der Waals surface area contributed by atoms with Crippen LogP contribution in [0.15, 0.2) is 53.4 Å². The van der Waals surface area contributed by atoms with Crippen molar-refractivity contribution < 1.29 is 27.5 Å². The molecule has 2 aromatic rings. The third-order valence-corrected chi connectivity index (χ3v) is 5.54. The van der Waals surface area contributed by atoms with Gasteiger partial charge in [-0.05, 0) is 48.9 Å². The molecule has 0 aliphatic rings. The Morgan fingerprint density at radius 3 is 2.41 bits per heavy atom. The van der Waals surface area contributed by atoms with Crippen molar-refractivity contribution >= 4 is 21.9 Å². The van der Waals surface area contributed by atoms with Crippen molar-refractivity contribution in [2.45, 2.75) is 24.3 Å². The molecule has 0 fully saturated rings. The van der Waals surface area contributed by atoms with Crippen LogP contribution < -0.4 is 14.8 Å². The second-order valence-corrected chi connectivity index (χ2v) is 8.03. The van der Waals surface area contributed by atoms with E-state index in [2.05, 4.69) is 10.0 Å². The molecular formula is C20H24N2O6S. The first-order valence-corrected chi connectivity index (χ1v) is 10.4. The molecule has 1 amide bonds. The Labute approximate surface area is 170 Å². The number of aryl methyl sites for hydroxylation is 1. The maximum Gasteiger partial charge on any atom is 0.306 e. The van der Waals surface area contributed by atoms with Crippen LogP contribution in [0.4, 0.5) is 0 Å². The van der Waals surface area contributed by atoms with Gasteiger partial charge < -0.3 is 14.8 Å². The molecule has 0 radical (unpaired) electrons. The number of esters is 1. The van der Waals surface area contributed by atoms with Gasteiger partial charge in [0.25, 0.3) is 5.91 Å². The summed E-state index contributed by atoms with van der Waals surface area (Å²) in [6, 6.07) is 13.5. The minimum Gasteiger partial charge on any atom is -0.497 e. The highest BCUT2D eigenvalue weighted by Gasteiger charge is 2.12. The number of carbonyl (C=O) groups is 2. The highest BCUT2D eigenvalue weighted by molar-refractivity contribution is 7.89. The summed E-state index contributed by atoms with van der Waals surface area (Å²) < 4.78 is 35.7. The highest BCUT2D eigenvalue weighted by atomic mass is 32.2. The number of sulfonamides is 1. The summed E-state index contributed by atoms with van der Waals surface area (Å²) in [5.41, 5.74) is 1.66. The highest BCUT2D eigenvalue weighted by Crippen LogP contribution is 2.13. The van der Waals surface area contributed by atoms with Crippen molar-refractivity contribution in [3.8, 4) is 5.75 Å². The normalized spacial score (nSPS) is 11.0. The number of carbonyl (C=O) groups excluding carboxylic acids is 2. The zero-order chi connectivity index (χ0) is 21.3. The zero-order valence-electron chi connectivity index (χ0n) is 16.3. The molecule has 2 aromatic carbocycles. The number of benzene rings is 2. The molecule has 0 aromatic heterocycles. The fourth-order valence-electron chi connectivity index (χ4n) is 2.45. The minimum atomic E-state index is -3.49. The molecular weight excluding hydrogens is 396 g/mol. The van der Waals surface area contributed by atoms with Crippen molar-refractivity contribution in [1.29, 1.82) is 0 Å². The standard InChI is InChI=1S/C20H24N2O6S/c1-21-29(25,26)18-9-6-15(7-10-18)8-11-20(24)28-14-19(23)22-13-16-4-3-5-17(12-16)27-2/h3-7,9-10,12,21H,8,11,13-14H2,1-2H3,(H,22,23). The van der Waals surface area contributed by atoms with Crippen molar-refractivity contribution in [3.05, 3.63) is 59.7 Å². The molecule has 9 heteroatoms. The van der Waals surface area contributed by atoms with Gasteiger partial charge >= 0.3 is 5.97 Å². The smallest absolute Gasteiger partial charge is 0.306 e. The molecule has 0 spiro atoms. The minimum absolute atomic E-state index is 0.0846. The molecule has 8 nitrogen and oxygen atoms in total. The molecule has 0 saturated heterocycles. The van der Waals surface area contributed by atoms with Crippen molar-refractivity contribution in [2.24, 2.45) is 0 Å². The molecule has 29 heavy (non-hydrogen) atoms. The quantitative estimate of drug-likeness (QED) is 0.562. The second kappa shape index (κ2) is 10.6. The number of hydrogen-bond donors (Lipinski definition) is 2. The van der Waals surface area contributed by atoms with Gasteiger partial charge in [-0.25, -0.2) is 13.1 Å². The lowest BCUT2D eigenvalue weighted by molar-refractivity contribution is -0.148. The maximum absolute atomic E-state index is 11.8. The van der Waals surface area contributed by atoms with Crippen LogP contribution >= 0.6 is 0 Å². The number of nitrogens with one attached hydrogen (secondary N) is 2. The number of hydrogen-bond acceptors (Lipinski definition) is 6. The van der Waals surface area contributed by atoms with Crippen LogP contribution in [0.2, 0.25) is 0 Å². The first kappa shape index (κ1) is 22.4. The van der Waals surface area contributed by atoms with Gasteiger partial charge in [0.15, 0.2) is 6.61 Å². The Morgan fingerprint density at radius 2 is 1.76 bits per heavy atom. The summed E-state index contributed by atoms with van der Waals surface area (Å²) >= 11 is 0. The fourth-order valence-corrected chi connectivity index (χ4v) is 3.18. The summed E-state index contributed by atoms with van der Waals surface area (Å²) in [4.78, 5) is 23.8. The average molecular weight is 420 g/mol. The van der Waals surface area contributed by atoms with Crippen molar-refractivity contribution in [3.63, 3.8) is 0 Å². The molecule has 0 aliphatic carbocycles. The van der Waals surface area contributed by atoms with Crippen molar-refractivity contribution in [2.75, 3.05) is 20.8 Å². The third-order valence-electron chi connectivity index (χ3n) is 4.11. The second-order valence-electron chi connectivity index (χ2n) is 6.14. The first-order chi connectivity index (χ1) is 13.8. The van der Waals surface area contributed by atoms with Crippen LogP contribution in [0.3, 0.4) is 0 Å². The third kappa shape index (κ3) is 7.20. The predicted octanol–water partition coefficient (Wildman–Crippen LogP) is 1.40. The number of ether oxygens (including phenoxy) is 2. The summed E-state index contributed by atoms with van der Waals surface area (Å²) in [6.07, 6.45) is 0.464. The summed E-state index contributed by atoms with van der Waals surface area (Å²) in [6.45, 7) is -0.0579. The molecule has 0 aliphatic heterocycles. The first-order valence-electron chi connectivity index (χ1n) is 8.92. The number of methoxy groups -OCH3 is 1. The van der Waals surface area contributed by atoms with Crippen LogP contribution in [0.1, 0.15) is 17.5 Å². The fraction of sp³-hybridized carbons (Fsp3) is 0.300. The van der Waals surface area contributed by atoms with E-state index in [0.29, 0.717) is 18.7 Å². The Hall–Kier alpha value is -2.91. The van der Waals surface area contributed by atoms with Crippen LogP contribution in [0.25, 0.3) is 0 Å². The molecule has 156 valence electrons. The van der Waals surface area contributed by atoms with E-state index in [-0.39, 0.29) is 17.9 Å². The van der Waals surface area contributed by atoms with Gasteiger partial charge in [0.2, 0.25) is 10.0 Å². The average Bonchev–Trinajstić information content (AvgIpc) is 2.75. The van der Waals surface area contributed by atoms with Gasteiger partial charge in [-0.3, -0.25) is 9.59 Å². The van der Waals surface area contributed by atoms with Gasteiger partial charge in [0.05, 0.1) is 12.0 Å². The van der Waals surface area contributed by atoms with E-state index in [1.54, 1.807) is 31.4 Å². The lowest BCUT2D eigenvalue weighted by atomic mass is 10.1. The molecule has 2 rings (SSSR count). The zero-order valence-corrected chi connectivity index (χ0v) is 17.1. The van der Waals surface area contributed by atoms with Gasteiger partial charge in [0, 0.05) is 13.0 Å². The van der Waals surface area contributed by atoms with E-state index >= 15 is 0 Å². The van der Waals surface area contributed by atoms with Crippen LogP contribution in [0, 0.1) is 0 Å². The van der Waals surface area contributed by atoms with E-state index in [4.69, 9.17) is 9.47 Å². The Morgan fingerprint density at radius 1 is 1.03 bits per heavy atom. The van der Waals surface area contributed by atoms with Gasteiger partial charge in [-0.2, -0.15) is 0 Å². The van der Waals surface area contributed by atoms with E-state index in [1.165, 1.54) is 19.2 Å². The topological polar surface area (TPSA) is 111 Å². The summed E-state index contributed by atoms with van der Waals surface area (Å²) in [5.74, 6) is -0.212. The molecule has 0 bridgehead atoms. The lowest BCUT2D eigenvalue weighted by Crippen LogP contribution is -2.28. The van der Waals surface area contributed by atoms with Gasteiger partial charge in [0.1, 0.15) is 5.75 Å². The number of rotatable bonds is 10. The van der Waals surface area contributed by atoms with E-state index in [9.17, 15) is 18.0 Å². The largest absolute Gasteiger partial charge is 0.497 e. The molecule has 2 N–H and O–H groups in total.